The average molecular weight is 350 g/mol. The monoisotopic (exact) mass is 350 g/mol. The molecule has 21 heavy (non-hydrogen) atoms. The Morgan fingerprint density at radius 3 is 1.38 bits per heavy atom. The molecule has 0 aliphatic carbocycles. The molecule has 0 unspecified atom stereocenters. The van der Waals surface area contributed by atoms with Crippen LogP contribution in [0.4, 0.5) is 57.1 Å². The van der Waals surface area contributed by atoms with Crippen LogP contribution >= 0.6 is 0 Å². The standard InChI is InChI=1S/C7H3F13O/c8-2(4(11,12)13)5(14,15)21-1-3(9,10)6(16,17)7(18,19)20/h2H,1H2/t2-/m0/s1. The zero-order valence-corrected chi connectivity index (χ0v) is 9.11. The number of hydrogen-bond donors (Lipinski definition) is 0. The molecule has 0 aromatic rings. The predicted octanol–water partition coefficient (Wildman–Crippen LogP) is 4.33. The zero-order chi connectivity index (χ0) is 17.5. The van der Waals surface area contributed by atoms with Gasteiger partial charge in [-0.2, -0.15) is 52.7 Å². The second-order valence-electron chi connectivity index (χ2n) is 3.53. The van der Waals surface area contributed by atoms with Gasteiger partial charge in [-0.1, -0.05) is 0 Å². The fourth-order valence-electron chi connectivity index (χ4n) is 0.749. The van der Waals surface area contributed by atoms with E-state index in [0.717, 1.165) is 0 Å². The Balaban J connectivity index is 5.08. The number of hydrogen-bond acceptors (Lipinski definition) is 1. The molecular formula is C7H3F13O. The van der Waals surface area contributed by atoms with Gasteiger partial charge in [-0.05, 0) is 0 Å². The molecular weight excluding hydrogens is 347 g/mol. The molecule has 0 bridgehead atoms. The summed E-state index contributed by atoms with van der Waals surface area (Å²) in [7, 11) is 0. The third-order valence-corrected chi connectivity index (χ3v) is 1.84. The minimum Gasteiger partial charge on any atom is -0.311 e. The summed E-state index contributed by atoms with van der Waals surface area (Å²) in [6, 6.07) is 0. The lowest BCUT2D eigenvalue weighted by Gasteiger charge is -2.30. The number of ether oxygens (including phenoxy) is 1. The van der Waals surface area contributed by atoms with Gasteiger partial charge in [0.15, 0.2) is 0 Å². The van der Waals surface area contributed by atoms with Crippen molar-refractivity contribution in [2.45, 2.75) is 36.5 Å². The quantitative estimate of drug-likeness (QED) is 0.671. The molecule has 1 nitrogen and oxygen atoms in total. The number of halogens is 13. The lowest BCUT2D eigenvalue weighted by atomic mass is 10.2. The van der Waals surface area contributed by atoms with Crippen molar-refractivity contribution in [2.24, 2.45) is 0 Å². The number of alkyl halides is 13. The van der Waals surface area contributed by atoms with Gasteiger partial charge in [0.2, 0.25) is 0 Å². The fourth-order valence-corrected chi connectivity index (χ4v) is 0.749. The summed E-state index contributed by atoms with van der Waals surface area (Å²) in [5.74, 6) is -13.2. The molecule has 0 aliphatic rings. The van der Waals surface area contributed by atoms with Gasteiger partial charge in [0.1, 0.15) is 6.61 Å². The minimum absolute atomic E-state index is 2.31. The van der Waals surface area contributed by atoms with E-state index in [-0.39, 0.29) is 0 Å². The van der Waals surface area contributed by atoms with Crippen molar-refractivity contribution < 1.29 is 61.8 Å². The third kappa shape index (κ3) is 4.26. The van der Waals surface area contributed by atoms with Gasteiger partial charge >= 0.3 is 30.3 Å². The van der Waals surface area contributed by atoms with Crippen LogP contribution in [0.5, 0.6) is 0 Å². The maximum Gasteiger partial charge on any atom is 0.459 e. The Bertz CT molecular complexity index is 353. The molecule has 1 atom stereocenters. The maximum atomic E-state index is 12.5. The third-order valence-electron chi connectivity index (χ3n) is 1.84. The molecule has 0 aromatic heterocycles. The van der Waals surface area contributed by atoms with Crippen LogP contribution in [0.25, 0.3) is 0 Å². The second kappa shape index (κ2) is 5.35. The topological polar surface area (TPSA) is 9.23 Å². The fraction of sp³-hybridized carbons (Fsp3) is 1.00. The Kier molecular flexibility index (Phi) is 5.11. The van der Waals surface area contributed by atoms with E-state index < -0.39 is 43.1 Å². The van der Waals surface area contributed by atoms with E-state index in [0.29, 0.717) is 0 Å². The van der Waals surface area contributed by atoms with Crippen LogP contribution in [0.1, 0.15) is 0 Å². The van der Waals surface area contributed by atoms with E-state index >= 15 is 0 Å². The van der Waals surface area contributed by atoms with E-state index in [4.69, 9.17) is 0 Å². The van der Waals surface area contributed by atoms with E-state index in [2.05, 4.69) is 4.74 Å². The van der Waals surface area contributed by atoms with Gasteiger partial charge in [0, 0.05) is 0 Å². The first-order valence-electron chi connectivity index (χ1n) is 4.41. The van der Waals surface area contributed by atoms with Gasteiger partial charge in [-0.3, -0.25) is 0 Å². The SMILES string of the molecule is F[C@@H](C(F)(F)F)C(F)(F)OCC(F)(F)C(F)(F)C(F)(F)F. The van der Waals surface area contributed by atoms with Gasteiger partial charge in [-0.15, -0.1) is 0 Å². The van der Waals surface area contributed by atoms with Crippen LogP contribution in [0.15, 0.2) is 0 Å². The lowest BCUT2D eigenvalue weighted by molar-refractivity contribution is -0.390. The largest absolute Gasteiger partial charge is 0.459 e. The van der Waals surface area contributed by atoms with E-state index in [9.17, 15) is 57.1 Å². The first-order chi connectivity index (χ1) is 8.86. The van der Waals surface area contributed by atoms with Crippen LogP contribution in [0.3, 0.4) is 0 Å². The zero-order valence-electron chi connectivity index (χ0n) is 9.11. The molecule has 0 fully saturated rings. The van der Waals surface area contributed by atoms with Gasteiger partial charge in [0.05, 0.1) is 0 Å². The highest BCUT2D eigenvalue weighted by Gasteiger charge is 2.73. The van der Waals surface area contributed by atoms with Crippen molar-refractivity contribution in [1.82, 2.24) is 0 Å². The second-order valence-corrected chi connectivity index (χ2v) is 3.53. The summed E-state index contributed by atoms with van der Waals surface area (Å²) < 4.78 is 158. The Morgan fingerprint density at radius 1 is 0.714 bits per heavy atom. The van der Waals surface area contributed by atoms with Crippen LogP contribution in [0.2, 0.25) is 0 Å². The van der Waals surface area contributed by atoms with Crippen molar-refractivity contribution in [3.63, 3.8) is 0 Å². The van der Waals surface area contributed by atoms with E-state index in [1.807, 2.05) is 0 Å². The highest BCUT2D eigenvalue weighted by molar-refractivity contribution is 4.91. The highest BCUT2D eigenvalue weighted by Crippen LogP contribution is 2.47. The summed E-state index contributed by atoms with van der Waals surface area (Å²) in [4.78, 5) is 0. The van der Waals surface area contributed by atoms with Crippen molar-refractivity contribution in [1.29, 1.82) is 0 Å². The molecule has 0 saturated heterocycles. The van der Waals surface area contributed by atoms with Crippen molar-refractivity contribution in [3.05, 3.63) is 0 Å². The van der Waals surface area contributed by atoms with Crippen molar-refractivity contribution in [2.75, 3.05) is 6.61 Å². The molecule has 0 aromatic carbocycles. The van der Waals surface area contributed by atoms with E-state index in [1.54, 1.807) is 0 Å². The maximum absolute atomic E-state index is 12.5. The molecule has 0 amide bonds. The van der Waals surface area contributed by atoms with Gasteiger partial charge in [0.25, 0.3) is 6.17 Å². The van der Waals surface area contributed by atoms with E-state index in [1.165, 1.54) is 0 Å². The predicted molar refractivity (Wildman–Crippen MR) is 37.8 cm³/mol. The summed E-state index contributed by atoms with van der Waals surface area (Å²) in [6.07, 6.45) is -24.5. The molecule has 0 saturated carbocycles. The molecule has 14 heteroatoms. The summed E-state index contributed by atoms with van der Waals surface area (Å²) >= 11 is 0. The van der Waals surface area contributed by atoms with Gasteiger partial charge < -0.3 is 4.74 Å². The molecule has 128 valence electrons. The first-order valence-corrected chi connectivity index (χ1v) is 4.41. The summed E-state index contributed by atoms with van der Waals surface area (Å²) in [6.45, 7) is -3.50. The summed E-state index contributed by atoms with van der Waals surface area (Å²) in [5.41, 5.74) is 0. The average Bonchev–Trinajstić information content (AvgIpc) is 2.22. The van der Waals surface area contributed by atoms with Crippen LogP contribution < -0.4 is 0 Å². The normalized spacial score (nSPS) is 17.0. The highest BCUT2D eigenvalue weighted by atomic mass is 19.4. The first kappa shape index (κ1) is 20.1. The van der Waals surface area contributed by atoms with Crippen molar-refractivity contribution in [3.8, 4) is 0 Å². The molecule has 0 spiro atoms. The smallest absolute Gasteiger partial charge is 0.311 e. The van der Waals surface area contributed by atoms with Crippen molar-refractivity contribution >= 4 is 0 Å². The Morgan fingerprint density at radius 2 is 1.10 bits per heavy atom. The molecule has 0 radical (unpaired) electrons. The van der Waals surface area contributed by atoms with Crippen LogP contribution in [-0.2, 0) is 4.74 Å². The molecule has 0 rings (SSSR count). The Hall–Kier alpha value is -0.950. The van der Waals surface area contributed by atoms with Crippen LogP contribution in [-0.4, -0.2) is 43.1 Å². The summed E-state index contributed by atoms with van der Waals surface area (Å²) in [5, 5.41) is 0. The molecule has 0 aliphatic heterocycles. The molecule has 0 N–H and O–H groups in total. The van der Waals surface area contributed by atoms with Gasteiger partial charge in [-0.25, -0.2) is 4.39 Å². The Labute approximate surface area is 106 Å². The molecule has 0 heterocycles. The lowest BCUT2D eigenvalue weighted by Crippen LogP contribution is -2.56. The minimum atomic E-state index is -6.89. The van der Waals surface area contributed by atoms with Crippen LogP contribution in [0, 0.1) is 0 Å². The number of rotatable bonds is 5.